The lowest BCUT2D eigenvalue weighted by atomic mass is 10.0. The van der Waals surface area contributed by atoms with Gasteiger partial charge in [-0.25, -0.2) is 0 Å². The van der Waals surface area contributed by atoms with E-state index in [1.54, 1.807) is 0 Å². The molecule has 3 rings (SSSR count). The zero-order valence-corrected chi connectivity index (χ0v) is 10.6. The van der Waals surface area contributed by atoms with Crippen molar-refractivity contribution in [2.75, 3.05) is 0 Å². The van der Waals surface area contributed by atoms with Crippen molar-refractivity contribution in [3.05, 3.63) is 60.4 Å². The van der Waals surface area contributed by atoms with Gasteiger partial charge >= 0.3 is 0 Å². The molecule has 18 heavy (non-hydrogen) atoms. The van der Waals surface area contributed by atoms with Gasteiger partial charge in [0.15, 0.2) is 0 Å². The molecular weight excluding hydrogens is 220 g/mol. The first-order chi connectivity index (χ1) is 8.77. The van der Waals surface area contributed by atoms with Crippen molar-refractivity contribution in [2.45, 2.75) is 6.92 Å². The third-order valence-electron chi connectivity index (χ3n) is 3.39. The number of aryl methyl sites for hydroxylation is 2. The second-order valence-electron chi connectivity index (χ2n) is 4.53. The van der Waals surface area contributed by atoms with Gasteiger partial charge in [-0.05, 0) is 24.6 Å². The van der Waals surface area contributed by atoms with Crippen molar-refractivity contribution in [1.82, 2.24) is 4.98 Å². The molecule has 0 radical (unpaired) electrons. The molecule has 0 aliphatic carbocycles. The van der Waals surface area contributed by atoms with Crippen LogP contribution in [-0.4, -0.2) is 4.98 Å². The third-order valence-corrected chi connectivity index (χ3v) is 3.39. The molecule has 0 saturated carbocycles. The van der Waals surface area contributed by atoms with Crippen LogP contribution in [-0.2, 0) is 7.05 Å². The Morgan fingerprint density at radius 3 is 2.67 bits per heavy atom. The highest BCUT2D eigenvalue weighted by Crippen LogP contribution is 2.21. The van der Waals surface area contributed by atoms with Crippen LogP contribution in [0.2, 0.25) is 0 Å². The van der Waals surface area contributed by atoms with Crippen LogP contribution in [0.5, 0.6) is 0 Å². The van der Waals surface area contributed by atoms with Crippen LogP contribution in [0.4, 0.5) is 0 Å². The molecule has 3 aromatic rings. The Labute approximate surface area is 107 Å². The molecule has 2 aromatic heterocycles. The molecule has 0 amide bonds. The summed E-state index contributed by atoms with van der Waals surface area (Å²) in [5, 5.41) is 1.16. The molecule has 2 heterocycles. The number of pyridine rings is 2. The minimum absolute atomic E-state index is 1.16. The second-order valence-corrected chi connectivity index (χ2v) is 4.53. The van der Waals surface area contributed by atoms with Gasteiger partial charge in [0, 0.05) is 30.1 Å². The standard InChI is InChI=1S/C16H15N2/c1-12-5-3-4-6-14(12)16-8-7-13-11-17-10-9-15(13)18(16)2/h3-11H,1-2H3/q+1. The lowest BCUT2D eigenvalue weighted by Crippen LogP contribution is -2.32. The van der Waals surface area contributed by atoms with Gasteiger partial charge in [-0.15, -0.1) is 0 Å². The number of hydrogen-bond acceptors (Lipinski definition) is 1. The van der Waals surface area contributed by atoms with E-state index in [-0.39, 0.29) is 0 Å². The van der Waals surface area contributed by atoms with Gasteiger partial charge in [0.25, 0.3) is 0 Å². The molecule has 0 spiro atoms. The third kappa shape index (κ3) is 1.66. The molecular formula is C16H15N2+. The minimum atomic E-state index is 1.16. The van der Waals surface area contributed by atoms with Crippen molar-refractivity contribution in [2.24, 2.45) is 7.05 Å². The van der Waals surface area contributed by atoms with Crippen molar-refractivity contribution < 1.29 is 4.57 Å². The van der Waals surface area contributed by atoms with Gasteiger partial charge in [0.2, 0.25) is 11.2 Å². The highest BCUT2D eigenvalue weighted by Gasteiger charge is 2.14. The summed E-state index contributed by atoms with van der Waals surface area (Å²) < 4.78 is 2.22. The maximum Gasteiger partial charge on any atom is 0.215 e. The fraction of sp³-hybridized carbons (Fsp3) is 0.125. The largest absolute Gasteiger partial charge is 0.264 e. The van der Waals surface area contributed by atoms with E-state index < -0.39 is 0 Å². The van der Waals surface area contributed by atoms with Gasteiger partial charge in [-0.2, -0.15) is 4.57 Å². The van der Waals surface area contributed by atoms with E-state index in [0.717, 1.165) is 5.39 Å². The SMILES string of the molecule is Cc1ccccc1-c1ccc2cnccc2[n+]1C. The average molecular weight is 235 g/mol. The lowest BCUT2D eigenvalue weighted by molar-refractivity contribution is -0.633. The quantitative estimate of drug-likeness (QED) is 0.592. The van der Waals surface area contributed by atoms with Gasteiger partial charge in [-0.1, -0.05) is 18.2 Å². The summed E-state index contributed by atoms with van der Waals surface area (Å²) in [5.41, 5.74) is 5.00. The van der Waals surface area contributed by atoms with Crippen molar-refractivity contribution in [3.8, 4) is 11.3 Å². The highest BCUT2D eigenvalue weighted by molar-refractivity contribution is 5.76. The van der Waals surface area contributed by atoms with Crippen LogP contribution in [0, 0.1) is 6.92 Å². The predicted molar refractivity (Wildman–Crippen MR) is 73.1 cm³/mol. The Morgan fingerprint density at radius 2 is 1.83 bits per heavy atom. The van der Waals surface area contributed by atoms with Crippen LogP contribution in [0.15, 0.2) is 54.9 Å². The molecule has 2 heteroatoms. The summed E-state index contributed by atoms with van der Waals surface area (Å²) in [6.45, 7) is 2.14. The summed E-state index contributed by atoms with van der Waals surface area (Å²) in [5.74, 6) is 0. The molecule has 0 fully saturated rings. The van der Waals surface area contributed by atoms with E-state index >= 15 is 0 Å². The molecule has 88 valence electrons. The van der Waals surface area contributed by atoms with E-state index in [9.17, 15) is 0 Å². The molecule has 0 aliphatic rings. The molecule has 2 nitrogen and oxygen atoms in total. The molecule has 0 unspecified atom stereocenters. The van der Waals surface area contributed by atoms with Crippen LogP contribution in [0.3, 0.4) is 0 Å². The highest BCUT2D eigenvalue weighted by atomic mass is 14.9. The van der Waals surface area contributed by atoms with E-state index in [4.69, 9.17) is 0 Å². The summed E-state index contributed by atoms with van der Waals surface area (Å²) in [4.78, 5) is 4.16. The summed E-state index contributed by atoms with van der Waals surface area (Å²) in [6.07, 6.45) is 3.74. The molecule has 0 atom stereocenters. The number of fused-ring (bicyclic) bond motifs is 1. The van der Waals surface area contributed by atoms with E-state index in [1.165, 1.54) is 22.3 Å². The fourth-order valence-corrected chi connectivity index (χ4v) is 2.37. The Balaban J connectivity index is 2.31. The van der Waals surface area contributed by atoms with Crippen molar-refractivity contribution in [1.29, 1.82) is 0 Å². The Hall–Kier alpha value is -2.22. The zero-order valence-electron chi connectivity index (χ0n) is 10.6. The van der Waals surface area contributed by atoms with E-state index in [0.29, 0.717) is 0 Å². The summed E-state index contributed by atoms with van der Waals surface area (Å²) in [6, 6.07) is 14.8. The Morgan fingerprint density at radius 1 is 1.00 bits per heavy atom. The first kappa shape index (κ1) is 10.9. The number of nitrogens with zero attached hydrogens (tertiary/aromatic N) is 2. The van der Waals surface area contributed by atoms with Crippen LogP contribution in [0.25, 0.3) is 22.2 Å². The smallest absolute Gasteiger partial charge is 0.215 e. The summed E-state index contributed by atoms with van der Waals surface area (Å²) >= 11 is 0. The first-order valence-corrected chi connectivity index (χ1v) is 6.06. The van der Waals surface area contributed by atoms with Gasteiger partial charge in [0.1, 0.15) is 7.05 Å². The monoisotopic (exact) mass is 235 g/mol. The topological polar surface area (TPSA) is 16.8 Å². The summed E-state index contributed by atoms with van der Waals surface area (Å²) in [7, 11) is 2.10. The predicted octanol–water partition coefficient (Wildman–Crippen LogP) is 3.03. The van der Waals surface area contributed by atoms with Crippen molar-refractivity contribution in [3.63, 3.8) is 0 Å². The maximum absolute atomic E-state index is 4.16. The normalized spacial score (nSPS) is 10.8. The van der Waals surface area contributed by atoms with Crippen LogP contribution in [0.1, 0.15) is 5.56 Å². The van der Waals surface area contributed by atoms with Gasteiger partial charge in [0.05, 0.1) is 5.39 Å². The zero-order chi connectivity index (χ0) is 12.5. The molecule has 0 N–H and O–H groups in total. The minimum Gasteiger partial charge on any atom is -0.264 e. The van der Waals surface area contributed by atoms with E-state index in [2.05, 4.69) is 66.0 Å². The number of aromatic nitrogens is 2. The average Bonchev–Trinajstić information content (AvgIpc) is 2.41. The number of hydrogen-bond donors (Lipinski definition) is 0. The molecule has 1 aromatic carbocycles. The Kier molecular flexibility index (Phi) is 2.56. The second kappa shape index (κ2) is 4.22. The van der Waals surface area contributed by atoms with Gasteiger partial charge < -0.3 is 0 Å². The molecule has 0 bridgehead atoms. The van der Waals surface area contributed by atoms with Crippen LogP contribution < -0.4 is 4.57 Å². The number of rotatable bonds is 1. The number of benzene rings is 1. The lowest BCUT2D eigenvalue weighted by Gasteiger charge is -2.05. The first-order valence-electron chi connectivity index (χ1n) is 6.06. The fourth-order valence-electron chi connectivity index (χ4n) is 2.37. The molecule has 0 aliphatic heterocycles. The maximum atomic E-state index is 4.16. The van der Waals surface area contributed by atoms with Crippen LogP contribution >= 0.6 is 0 Å². The van der Waals surface area contributed by atoms with Gasteiger partial charge in [-0.3, -0.25) is 4.98 Å². The molecule has 0 saturated heterocycles. The Bertz CT molecular complexity index is 717. The van der Waals surface area contributed by atoms with Crippen molar-refractivity contribution >= 4 is 10.9 Å². The van der Waals surface area contributed by atoms with E-state index in [1.807, 2.05) is 12.4 Å².